The normalized spacial score (nSPS) is 11.9. The summed E-state index contributed by atoms with van der Waals surface area (Å²) in [5.41, 5.74) is 0.366. The molecule has 1 heterocycles. The van der Waals surface area contributed by atoms with Crippen LogP contribution >= 0.6 is 23.1 Å². The Bertz CT molecular complexity index is 520. The van der Waals surface area contributed by atoms with Crippen LogP contribution in [-0.2, 0) is 10.0 Å². The van der Waals surface area contributed by atoms with Gasteiger partial charge in [0.2, 0.25) is 0 Å². The third kappa shape index (κ3) is 4.73. The molecule has 0 aliphatic heterocycles. The third-order valence-electron chi connectivity index (χ3n) is 2.01. The van der Waals surface area contributed by atoms with Gasteiger partial charge in [0.15, 0.2) is 4.21 Å². The average Bonchev–Trinajstić information content (AvgIpc) is 2.63. The summed E-state index contributed by atoms with van der Waals surface area (Å²) in [4.78, 5) is 13.1. The van der Waals surface area contributed by atoms with Crippen LogP contribution in [0.5, 0.6) is 0 Å². The van der Waals surface area contributed by atoms with Crippen LogP contribution in [0.25, 0.3) is 0 Å². The van der Waals surface area contributed by atoms with Crippen molar-refractivity contribution >= 4 is 33.1 Å². The molecular weight excluding hydrogens is 296 g/mol. The summed E-state index contributed by atoms with van der Waals surface area (Å²) in [6.07, 6.45) is 0.704. The van der Waals surface area contributed by atoms with Crippen LogP contribution in [0.3, 0.4) is 0 Å². The number of aromatic amines is 1. The SMILES string of the molecule is Cc1[nH]c(=O)sc1S(=O)(=O)NCCSCCCO. The van der Waals surface area contributed by atoms with Crippen molar-refractivity contribution in [2.24, 2.45) is 0 Å². The Morgan fingerprint density at radius 1 is 1.44 bits per heavy atom. The highest BCUT2D eigenvalue weighted by molar-refractivity contribution is 7.99. The maximum atomic E-state index is 11.8. The first-order valence-corrected chi connectivity index (χ1v) is 8.81. The molecule has 0 aliphatic rings. The molecular formula is C9H16N2O4S3. The minimum Gasteiger partial charge on any atom is -0.396 e. The van der Waals surface area contributed by atoms with Crippen molar-refractivity contribution in [3.8, 4) is 0 Å². The number of hydrogen-bond acceptors (Lipinski definition) is 6. The van der Waals surface area contributed by atoms with Gasteiger partial charge in [0.05, 0.1) is 0 Å². The lowest BCUT2D eigenvalue weighted by Gasteiger charge is -2.05. The molecule has 0 atom stereocenters. The van der Waals surface area contributed by atoms with Gasteiger partial charge in [-0.3, -0.25) is 4.79 Å². The van der Waals surface area contributed by atoms with E-state index in [2.05, 4.69) is 9.71 Å². The Morgan fingerprint density at radius 2 is 2.17 bits per heavy atom. The monoisotopic (exact) mass is 312 g/mol. The number of aryl methyl sites for hydroxylation is 1. The summed E-state index contributed by atoms with van der Waals surface area (Å²) in [5.74, 6) is 1.44. The van der Waals surface area contributed by atoms with Crippen molar-refractivity contribution in [3.63, 3.8) is 0 Å². The van der Waals surface area contributed by atoms with Crippen LogP contribution in [0.2, 0.25) is 0 Å². The van der Waals surface area contributed by atoms with E-state index in [1.54, 1.807) is 18.7 Å². The van der Waals surface area contributed by atoms with Crippen LogP contribution in [0.4, 0.5) is 0 Å². The van der Waals surface area contributed by atoms with Crippen molar-refractivity contribution in [2.45, 2.75) is 17.6 Å². The fraction of sp³-hybridized carbons (Fsp3) is 0.667. The number of thiazole rings is 1. The van der Waals surface area contributed by atoms with Gasteiger partial charge in [0.25, 0.3) is 10.0 Å². The first-order chi connectivity index (χ1) is 8.47. The summed E-state index contributed by atoms with van der Waals surface area (Å²) >= 11 is 2.26. The Balaban J connectivity index is 2.46. The Hall–Kier alpha value is -0.350. The molecule has 1 rings (SSSR count). The molecule has 0 bridgehead atoms. The van der Waals surface area contributed by atoms with Crippen LogP contribution in [0, 0.1) is 6.92 Å². The lowest BCUT2D eigenvalue weighted by atomic mass is 10.5. The quantitative estimate of drug-likeness (QED) is 0.593. The largest absolute Gasteiger partial charge is 0.396 e. The zero-order valence-electron chi connectivity index (χ0n) is 9.93. The molecule has 0 amide bonds. The molecule has 0 saturated heterocycles. The van der Waals surface area contributed by atoms with Gasteiger partial charge in [-0.1, -0.05) is 11.3 Å². The summed E-state index contributed by atoms with van der Waals surface area (Å²) in [6, 6.07) is 0. The van der Waals surface area contributed by atoms with E-state index in [9.17, 15) is 13.2 Å². The predicted molar refractivity (Wildman–Crippen MR) is 73.9 cm³/mol. The number of nitrogens with one attached hydrogen (secondary N) is 2. The Morgan fingerprint density at radius 3 is 2.72 bits per heavy atom. The standard InChI is InChI=1S/C9H16N2O4S3/c1-7-8(17-9(13)11-7)18(14,15)10-3-6-16-5-2-4-12/h10,12H,2-6H2,1H3,(H,11,13). The number of H-pyrrole nitrogens is 1. The lowest BCUT2D eigenvalue weighted by Crippen LogP contribution is -2.26. The number of rotatable bonds is 8. The molecule has 18 heavy (non-hydrogen) atoms. The molecule has 0 radical (unpaired) electrons. The van der Waals surface area contributed by atoms with Crippen molar-refractivity contribution in [2.75, 3.05) is 24.7 Å². The van der Waals surface area contributed by atoms with E-state index in [-0.39, 0.29) is 15.7 Å². The highest BCUT2D eigenvalue weighted by Crippen LogP contribution is 2.15. The Kier molecular flexibility index (Phi) is 6.36. The molecule has 104 valence electrons. The van der Waals surface area contributed by atoms with Crippen LogP contribution in [0.15, 0.2) is 9.00 Å². The molecule has 9 heteroatoms. The highest BCUT2D eigenvalue weighted by Gasteiger charge is 2.19. The predicted octanol–water partition coefficient (Wildman–Crippen LogP) is 0.139. The number of thioether (sulfide) groups is 1. The van der Waals surface area contributed by atoms with Gasteiger partial charge >= 0.3 is 4.87 Å². The molecule has 0 fully saturated rings. The summed E-state index contributed by atoms with van der Waals surface area (Å²) in [7, 11) is -3.59. The number of aromatic nitrogens is 1. The van der Waals surface area contributed by atoms with Crippen LogP contribution < -0.4 is 9.60 Å². The highest BCUT2D eigenvalue weighted by atomic mass is 32.2. The van der Waals surface area contributed by atoms with Crippen LogP contribution in [0.1, 0.15) is 12.1 Å². The second-order valence-corrected chi connectivity index (χ2v) is 7.68. The topological polar surface area (TPSA) is 99.3 Å². The zero-order chi connectivity index (χ0) is 13.6. The molecule has 0 saturated carbocycles. The molecule has 1 aromatic heterocycles. The minimum absolute atomic E-state index is 0.0489. The van der Waals surface area contributed by atoms with Gasteiger partial charge in [-0.15, -0.1) is 0 Å². The zero-order valence-corrected chi connectivity index (χ0v) is 12.4. The molecule has 1 aromatic rings. The number of sulfonamides is 1. The smallest absolute Gasteiger partial charge is 0.305 e. The van der Waals surface area contributed by atoms with Crippen LogP contribution in [-0.4, -0.2) is 43.2 Å². The van der Waals surface area contributed by atoms with Crippen molar-refractivity contribution < 1.29 is 13.5 Å². The summed E-state index contributed by atoms with van der Waals surface area (Å²) in [6.45, 7) is 2.02. The van der Waals surface area contributed by atoms with E-state index < -0.39 is 10.0 Å². The van der Waals surface area contributed by atoms with E-state index in [4.69, 9.17) is 5.11 Å². The molecule has 0 spiro atoms. The van der Waals surface area contributed by atoms with E-state index in [0.717, 1.165) is 5.75 Å². The van der Waals surface area contributed by atoms with Gasteiger partial charge in [-0.05, 0) is 19.1 Å². The van der Waals surface area contributed by atoms with Crippen molar-refractivity contribution in [1.29, 1.82) is 0 Å². The van der Waals surface area contributed by atoms with Crippen molar-refractivity contribution in [3.05, 3.63) is 15.4 Å². The molecule has 3 N–H and O–H groups in total. The fourth-order valence-corrected chi connectivity index (χ4v) is 4.52. The second kappa shape index (κ2) is 7.29. The number of aliphatic hydroxyl groups excluding tert-OH is 1. The van der Waals surface area contributed by atoms with Gasteiger partial charge < -0.3 is 10.1 Å². The molecule has 0 aromatic carbocycles. The average molecular weight is 312 g/mol. The molecule has 0 aliphatic carbocycles. The maximum absolute atomic E-state index is 11.8. The second-order valence-electron chi connectivity index (χ2n) is 3.51. The van der Waals surface area contributed by atoms with E-state index in [0.29, 0.717) is 35.7 Å². The first kappa shape index (κ1) is 15.7. The maximum Gasteiger partial charge on any atom is 0.305 e. The number of hydrogen-bond donors (Lipinski definition) is 3. The van der Waals surface area contributed by atoms with E-state index in [1.807, 2.05) is 0 Å². The summed E-state index contributed by atoms with van der Waals surface area (Å²) < 4.78 is 26.2. The van der Waals surface area contributed by atoms with Gasteiger partial charge in [0, 0.05) is 24.6 Å². The van der Waals surface area contributed by atoms with E-state index in [1.165, 1.54) is 0 Å². The fourth-order valence-electron chi connectivity index (χ4n) is 1.23. The lowest BCUT2D eigenvalue weighted by molar-refractivity contribution is 0.296. The van der Waals surface area contributed by atoms with Gasteiger partial charge in [0.1, 0.15) is 0 Å². The van der Waals surface area contributed by atoms with Gasteiger partial charge in [-0.25, -0.2) is 13.1 Å². The molecule has 0 unspecified atom stereocenters. The van der Waals surface area contributed by atoms with Crippen molar-refractivity contribution in [1.82, 2.24) is 9.71 Å². The first-order valence-electron chi connectivity index (χ1n) is 5.35. The van der Waals surface area contributed by atoms with Gasteiger partial charge in [-0.2, -0.15) is 11.8 Å². The van der Waals surface area contributed by atoms with E-state index >= 15 is 0 Å². The number of aliphatic hydroxyl groups is 1. The molecule has 6 nitrogen and oxygen atoms in total. The minimum atomic E-state index is -3.59. The third-order valence-corrected chi connectivity index (χ3v) is 6.15. The Labute approximate surface area is 114 Å². The summed E-state index contributed by atoms with van der Waals surface area (Å²) in [5, 5.41) is 8.58.